The summed E-state index contributed by atoms with van der Waals surface area (Å²) in [6.45, 7) is 8.69. The maximum Gasteiger partial charge on any atom is 0.329 e. The molecule has 1 amide bonds. The van der Waals surface area contributed by atoms with Crippen LogP contribution in [0.15, 0.2) is 24.3 Å². The van der Waals surface area contributed by atoms with Gasteiger partial charge in [-0.05, 0) is 43.9 Å². The molecule has 2 aromatic rings. The summed E-state index contributed by atoms with van der Waals surface area (Å²) in [4.78, 5) is 22.7. The van der Waals surface area contributed by atoms with E-state index in [9.17, 15) is 4.79 Å². The van der Waals surface area contributed by atoms with E-state index in [1.165, 1.54) is 13.1 Å². The number of hydrogen-bond acceptors (Lipinski definition) is 4. The molecule has 3 heterocycles. The number of para-hydroxylation sites is 2. The highest BCUT2D eigenvalue weighted by Crippen LogP contribution is 2.33. The van der Waals surface area contributed by atoms with Crippen molar-refractivity contribution in [2.45, 2.75) is 26.7 Å². The molecule has 154 valence electrons. The zero-order valence-corrected chi connectivity index (χ0v) is 17.7. The zero-order valence-electron chi connectivity index (χ0n) is 17.7. The number of aromatic nitrogens is 2. The van der Waals surface area contributed by atoms with Gasteiger partial charge >= 0.3 is 6.03 Å². The van der Waals surface area contributed by atoms with Gasteiger partial charge in [-0.1, -0.05) is 37.8 Å². The quantitative estimate of drug-likeness (QED) is 0.797. The normalized spacial score (nSPS) is 22.3. The topological polar surface area (TPSA) is 53.4 Å². The highest BCUT2D eigenvalue weighted by atomic mass is 16.2. The van der Waals surface area contributed by atoms with Crippen LogP contribution < -0.4 is 10.2 Å². The van der Waals surface area contributed by atoms with Gasteiger partial charge in [-0.2, -0.15) is 0 Å². The van der Waals surface area contributed by atoms with Crippen LogP contribution in [0.3, 0.4) is 0 Å². The predicted molar refractivity (Wildman–Crippen MR) is 117 cm³/mol. The lowest BCUT2D eigenvalue weighted by molar-refractivity contribution is 0.244. The summed E-state index contributed by atoms with van der Waals surface area (Å²) in [5, 5.41) is 2.95. The van der Waals surface area contributed by atoms with Gasteiger partial charge in [0.15, 0.2) is 0 Å². The van der Waals surface area contributed by atoms with Crippen molar-refractivity contribution < 1.29 is 4.79 Å². The minimum atomic E-state index is -0.157. The van der Waals surface area contributed by atoms with Crippen LogP contribution in [0.4, 0.5) is 10.7 Å². The summed E-state index contributed by atoms with van der Waals surface area (Å²) in [5.74, 6) is 8.69. The number of nitrogens with zero attached hydrogens (tertiary/aromatic N) is 4. The van der Waals surface area contributed by atoms with Crippen molar-refractivity contribution in [2.24, 2.45) is 17.8 Å². The SMILES string of the molecule is CC(C)C#CCNC(=O)n1c(N2CCC3CN(C)CC3CC2)nc2ccccc21. The first-order valence-corrected chi connectivity index (χ1v) is 10.7. The Bertz CT molecular complexity index is 922. The summed E-state index contributed by atoms with van der Waals surface area (Å²) in [5.41, 5.74) is 1.70. The molecule has 2 unspecified atom stereocenters. The van der Waals surface area contributed by atoms with Gasteiger partial charge < -0.3 is 15.1 Å². The number of anilines is 1. The van der Waals surface area contributed by atoms with Crippen LogP contribution in [0.2, 0.25) is 0 Å². The fourth-order valence-electron chi connectivity index (χ4n) is 4.66. The molecule has 4 rings (SSSR count). The summed E-state index contributed by atoms with van der Waals surface area (Å²) in [6, 6.07) is 7.71. The van der Waals surface area contributed by atoms with Crippen molar-refractivity contribution in [1.82, 2.24) is 19.8 Å². The van der Waals surface area contributed by atoms with E-state index in [2.05, 4.69) is 34.0 Å². The highest BCUT2D eigenvalue weighted by Gasteiger charge is 2.34. The Hall–Kier alpha value is -2.52. The largest absolute Gasteiger partial charge is 0.342 e. The third-order valence-corrected chi connectivity index (χ3v) is 6.05. The van der Waals surface area contributed by atoms with Gasteiger partial charge in [-0.15, -0.1) is 0 Å². The Morgan fingerprint density at radius 2 is 1.90 bits per heavy atom. The number of benzene rings is 1. The third-order valence-electron chi connectivity index (χ3n) is 6.05. The number of carbonyl (C=O) groups is 1. The molecule has 0 bridgehead atoms. The zero-order chi connectivity index (χ0) is 20.4. The van der Waals surface area contributed by atoms with Crippen LogP contribution in [0.1, 0.15) is 26.7 Å². The first-order chi connectivity index (χ1) is 14.0. The molecule has 0 spiro atoms. The first kappa shape index (κ1) is 19.8. The molecule has 0 saturated carbocycles. The second-order valence-corrected chi connectivity index (χ2v) is 8.68. The highest BCUT2D eigenvalue weighted by molar-refractivity contribution is 5.93. The third kappa shape index (κ3) is 4.25. The Morgan fingerprint density at radius 3 is 2.59 bits per heavy atom. The van der Waals surface area contributed by atoms with Gasteiger partial charge in [0.25, 0.3) is 0 Å². The molecule has 2 atom stereocenters. The predicted octanol–water partition coefficient (Wildman–Crippen LogP) is 3.03. The van der Waals surface area contributed by atoms with Crippen LogP contribution in [-0.2, 0) is 0 Å². The average Bonchev–Trinajstić information content (AvgIpc) is 3.19. The van der Waals surface area contributed by atoms with E-state index < -0.39 is 0 Å². The van der Waals surface area contributed by atoms with E-state index in [-0.39, 0.29) is 6.03 Å². The van der Waals surface area contributed by atoms with E-state index >= 15 is 0 Å². The smallest absolute Gasteiger partial charge is 0.329 e. The molecule has 2 fully saturated rings. The minimum Gasteiger partial charge on any atom is -0.342 e. The Kier molecular flexibility index (Phi) is 5.77. The fraction of sp³-hybridized carbons (Fsp3) is 0.565. The molecule has 2 aliphatic rings. The molecular formula is C23H31N5O. The molecule has 2 saturated heterocycles. The molecule has 2 aliphatic heterocycles. The van der Waals surface area contributed by atoms with Gasteiger partial charge in [0.2, 0.25) is 5.95 Å². The number of amides is 1. The monoisotopic (exact) mass is 393 g/mol. The molecule has 1 N–H and O–H groups in total. The molecule has 6 nitrogen and oxygen atoms in total. The number of imidazole rings is 1. The number of likely N-dealkylation sites (tertiary alicyclic amines) is 1. The molecule has 29 heavy (non-hydrogen) atoms. The number of fused-ring (bicyclic) bond motifs is 2. The van der Waals surface area contributed by atoms with Crippen LogP contribution >= 0.6 is 0 Å². The Morgan fingerprint density at radius 1 is 1.21 bits per heavy atom. The summed E-state index contributed by atoms with van der Waals surface area (Å²) in [7, 11) is 2.22. The van der Waals surface area contributed by atoms with Crippen LogP contribution in [0, 0.1) is 29.6 Å². The number of rotatable bonds is 2. The molecule has 1 aromatic heterocycles. The molecule has 1 aromatic carbocycles. The second kappa shape index (κ2) is 8.46. The standard InChI is InChI=1S/C23H31N5O/c1-17(2)7-6-12-24-23(29)28-21-9-5-4-8-20(21)25-22(28)27-13-10-18-15-26(3)16-19(18)11-14-27/h4-5,8-9,17-19H,10-16H2,1-3H3,(H,24,29). The lowest BCUT2D eigenvalue weighted by atomic mass is 9.92. The van der Waals surface area contributed by atoms with Crippen LogP contribution in [0.25, 0.3) is 11.0 Å². The Balaban J connectivity index is 1.58. The fourth-order valence-corrected chi connectivity index (χ4v) is 4.66. The lowest BCUT2D eigenvalue weighted by Crippen LogP contribution is -2.34. The second-order valence-electron chi connectivity index (χ2n) is 8.68. The number of nitrogens with one attached hydrogen (secondary N) is 1. The van der Waals surface area contributed by atoms with Crippen LogP contribution in [-0.4, -0.2) is 60.3 Å². The van der Waals surface area contributed by atoms with Crippen molar-refractivity contribution in [2.75, 3.05) is 44.7 Å². The minimum absolute atomic E-state index is 0.157. The first-order valence-electron chi connectivity index (χ1n) is 10.7. The average molecular weight is 394 g/mol. The van der Waals surface area contributed by atoms with Gasteiger partial charge in [0, 0.05) is 32.1 Å². The van der Waals surface area contributed by atoms with Gasteiger partial charge in [-0.3, -0.25) is 0 Å². The van der Waals surface area contributed by atoms with E-state index in [1.807, 2.05) is 38.1 Å². The van der Waals surface area contributed by atoms with E-state index in [1.54, 1.807) is 4.57 Å². The van der Waals surface area contributed by atoms with Crippen molar-refractivity contribution >= 4 is 23.0 Å². The van der Waals surface area contributed by atoms with Crippen molar-refractivity contribution in [3.63, 3.8) is 0 Å². The summed E-state index contributed by atoms with van der Waals surface area (Å²) >= 11 is 0. The van der Waals surface area contributed by atoms with Crippen LogP contribution in [0.5, 0.6) is 0 Å². The van der Waals surface area contributed by atoms with E-state index in [0.29, 0.717) is 12.5 Å². The van der Waals surface area contributed by atoms with Crippen molar-refractivity contribution in [3.8, 4) is 11.8 Å². The maximum atomic E-state index is 13.1. The molecule has 0 aliphatic carbocycles. The van der Waals surface area contributed by atoms with E-state index in [0.717, 1.165) is 54.7 Å². The number of hydrogen-bond donors (Lipinski definition) is 1. The van der Waals surface area contributed by atoms with Crippen molar-refractivity contribution in [3.05, 3.63) is 24.3 Å². The summed E-state index contributed by atoms with van der Waals surface area (Å²) in [6.07, 6.45) is 2.30. The van der Waals surface area contributed by atoms with Gasteiger partial charge in [0.05, 0.1) is 17.6 Å². The van der Waals surface area contributed by atoms with Gasteiger partial charge in [0.1, 0.15) is 0 Å². The van der Waals surface area contributed by atoms with E-state index in [4.69, 9.17) is 4.98 Å². The van der Waals surface area contributed by atoms with Crippen molar-refractivity contribution in [1.29, 1.82) is 0 Å². The summed E-state index contributed by atoms with van der Waals surface area (Å²) < 4.78 is 1.74. The maximum absolute atomic E-state index is 13.1. The van der Waals surface area contributed by atoms with Gasteiger partial charge in [-0.25, -0.2) is 14.3 Å². The molecule has 0 radical (unpaired) electrons. The molecule has 6 heteroatoms. The Labute approximate surface area is 173 Å². The molecular weight excluding hydrogens is 362 g/mol. The lowest BCUT2D eigenvalue weighted by Gasteiger charge is -2.23. The number of carbonyl (C=O) groups excluding carboxylic acids is 1.